The third-order valence-corrected chi connectivity index (χ3v) is 2.54. The van der Waals surface area contributed by atoms with Crippen molar-refractivity contribution in [1.82, 2.24) is 0 Å². The molecule has 0 aliphatic carbocycles. The maximum atomic E-state index is 2.20. The Hall–Kier alpha value is -0.794. The molecule has 2 aromatic rings. The van der Waals surface area contributed by atoms with Crippen LogP contribution in [0.4, 0.5) is 0 Å². The Labute approximate surface area is 116 Å². The van der Waals surface area contributed by atoms with Crippen LogP contribution in [0, 0.1) is 0 Å². The van der Waals surface area contributed by atoms with Crippen molar-refractivity contribution in [3.05, 3.63) is 59.7 Å². The fraction of sp³-hybridized carbons (Fsp3) is 0.375. The van der Waals surface area contributed by atoms with Crippen LogP contribution in [0.3, 0.4) is 0 Å². The van der Waals surface area contributed by atoms with Crippen LogP contribution < -0.4 is 0 Å². The van der Waals surface area contributed by atoms with E-state index in [1.807, 2.05) is 0 Å². The zero-order valence-electron chi connectivity index (χ0n) is 10.8. The van der Waals surface area contributed by atoms with Gasteiger partial charge in [-0.1, -0.05) is 39.5 Å². The largest absolute Gasteiger partial charge is 2.00 e. The first kappa shape index (κ1) is 16.2. The number of hydrogen-bond acceptors (Lipinski definition) is 0. The molecule has 0 saturated carbocycles. The fourth-order valence-corrected chi connectivity index (χ4v) is 1.74. The molecule has 0 aromatic heterocycles. The molecule has 95 valence electrons. The Kier molecular flexibility index (Phi) is 9.88. The Morgan fingerprint density at radius 3 is 1.18 bits per heavy atom. The molecule has 0 N–H and O–H groups in total. The summed E-state index contributed by atoms with van der Waals surface area (Å²) in [7, 11) is 0. The van der Waals surface area contributed by atoms with E-state index < -0.39 is 0 Å². The maximum Gasteiger partial charge on any atom is 2.00 e. The third kappa shape index (κ3) is 7.19. The second-order valence-corrected chi connectivity index (χ2v) is 4.09. The van der Waals surface area contributed by atoms with E-state index in [1.54, 1.807) is 0 Å². The van der Waals surface area contributed by atoms with Gasteiger partial charge >= 0.3 is 16.8 Å². The van der Waals surface area contributed by atoms with Crippen molar-refractivity contribution in [1.29, 1.82) is 0 Å². The average molecular weight is 273 g/mol. The molecule has 0 aliphatic rings. The summed E-state index contributed by atoms with van der Waals surface area (Å²) >= 11 is 0. The summed E-state index contributed by atoms with van der Waals surface area (Å²) < 4.78 is 0. The Balaban J connectivity index is 0.000000284. The molecule has 0 spiro atoms. The summed E-state index contributed by atoms with van der Waals surface area (Å²) in [4.78, 5) is 0. The molecule has 0 bridgehead atoms. The summed E-state index contributed by atoms with van der Waals surface area (Å²) in [5, 5.41) is 0. The molecule has 0 atom stereocenters. The molecule has 0 heterocycles. The van der Waals surface area contributed by atoms with E-state index in [1.165, 1.54) is 36.8 Å². The monoisotopic (exact) mass is 273 g/mol. The quantitative estimate of drug-likeness (QED) is 0.707. The predicted octanol–water partition coefficient (Wildman–Crippen LogP) is 4.71. The van der Waals surface area contributed by atoms with Crippen LogP contribution in [0.2, 0.25) is 0 Å². The van der Waals surface area contributed by atoms with Gasteiger partial charge in [0, 0.05) is 0 Å². The van der Waals surface area contributed by atoms with Gasteiger partial charge in [-0.05, 0) is 0 Å². The van der Waals surface area contributed by atoms with Gasteiger partial charge in [-0.3, -0.25) is 0 Å². The van der Waals surface area contributed by atoms with Crippen molar-refractivity contribution in [3.63, 3.8) is 0 Å². The molecule has 0 fully saturated rings. The van der Waals surface area contributed by atoms with Crippen LogP contribution in [0.25, 0.3) is 0 Å². The molecular formula is C16H22Co. The topological polar surface area (TPSA) is 0 Å². The summed E-state index contributed by atoms with van der Waals surface area (Å²) in [6.45, 7) is 4.40. The van der Waals surface area contributed by atoms with E-state index in [2.05, 4.69) is 62.4 Å². The number of hydrogen-bond donors (Lipinski definition) is 0. The van der Waals surface area contributed by atoms with Crippen LogP contribution in [0.5, 0.6) is 0 Å². The molecule has 2 aromatic carbocycles. The second kappa shape index (κ2) is 10.4. The minimum atomic E-state index is 0. The van der Waals surface area contributed by atoms with Crippen LogP contribution in [-0.4, -0.2) is 0 Å². The van der Waals surface area contributed by atoms with Crippen molar-refractivity contribution in [3.8, 4) is 0 Å². The first-order valence-corrected chi connectivity index (χ1v) is 6.28. The summed E-state index contributed by atoms with van der Waals surface area (Å²) in [5.74, 6) is 0. The number of rotatable bonds is 4. The number of aryl methyl sites for hydroxylation is 2. The molecule has 2 rings (SSSR count). The van der Waals surface area contributed by atoms with Crippen LogP contribution in [0.1, 0.15) is 37.8 Å². The molecule has 0 saturated heterocycles. The van der Waals surface area contributed by atoms with Crippen molar-refractivity contribution in [2.24, 2.45) is 0 Å². The Morgan fingerprint density at radius 2 is 0.941 bits per heavy atom. The van der Waals surface area contributed by atoms with Crippen molar-refractivity contribution < 1.29 is 16.8 Å². The zero-order chi connectivity index (χ0) is 11.6. The van der Waals surface area contributed by atoms with E-state index in [0.29, 0.717) is 0 Å². The van der Waals surface area contributed by atoms with Crippen LogP contribution in [-0.2, 0) is 29.6 Å². The van der Waals surface area contributed by atoms with Crippen molar-refractivity contribution >= 4 is 0 Å². The van der Waals surface area contributed by atoms with Crippen molar-refractivity contribution in [2.75, 3.05) is 0 Å². The molecule has 1 heteroatoms. The summed E-state index contributed by atoms with van der Waals surface area (Å²) in [5.41, 5.74) is 2.93. The van der Waals surface area contributed by atoms with E-state index >= 15 is 0 Å². The van der Waals surface area contributed by atoms with E-state index in [9.17, 15) is 0 Å². The minimum Gasteiger partial charge on any atom is -0.213 e. The van der Waals surface area contributed by atoms with Gasteiger partial charge in [0.2, 0.25) is 0 Å². The maximum absolute atomic E-state index is 2.20. The average Bonchev–Trinajstić information content (AvgIpc) is 2.92. The first-order valence-electron chi connectivity index (χ1n) is 6.28. The van der Waals surface area contributed by atoms with Gasteiger partial charge in [-0.2, -0.15) is 35.4 Å². The Morgan fingerprint density at radius 1 is 0.647 bits per heavy atom. The summed E-state index contributed by atoms with van der Waals surface area (Å²) in [6.07, 6.45) is 4.97. The van der Waals surface area contributed by atoms with E-state index in [0.717, 1.165) is 0 Å². The van der Waals surface area contributed by atoms with Gasteiger partial charge in [0.1, 0.15) is 0 Å². The molecule has 0 amide bonds. The second-order valence-electron chi connectivity index (χ2n) is 4.09. The van der Waals surface area contributed by atoms with E-state index in [-0.39, 0.29) is 16.8 Å². The third-order valence-electron chi connectivity index (χ3n) is 2.54. The molecule has 1 radical (unpaired) electrons. The standard InChI is InChI=1S/2C8H11.Co/c2*1-2-5-8-6-3-4-7-8;/h2*3-4,6-7H,2,5H2,1H3;/q2*-1;+2. The fourth-order valence-electron chi connectivity index (χ4n) is 1.74. The van der Waals surface area contributed by atoms with Gasteiger partial charge in [-0.25, -0.2) is 24.3 Å². The molecule has 17 heavy (non-hydrogen) atoms. The SMILES string of the molecule is CCC[c-]1cccc1.CCC[c-]1cccc1.[Co+2]. The zero-order valence-corrected chi connectivity index (χ0v) is 11.8. The molecule has 0 unspecified atom stereocenters. The smallest absolute Gasteiger partial charge is 0.213 e. The Bertz CT molecular complexity index is 293. The van der Waals surface area contributed by atoms with Crippen molar-refractivity contribution in [2.45, 2.75) is 39.5 Å². The normalized spacial score (nSPS) is 9.06. The van der Waals surface area contributed by atoms with Crippen LogP contribution in [0.15, 0.2) is 48.5 Å². The summed E-state index contributed by atoms with van der Waals surface area (Å²) in [6, 6.07) is 17.0. The van der Waals surface area contributed by atoms with Gasteiger partial charge in [-0.15, -0.1) is 0 Å². The van der Waals surface area contributed by atoms with Crippen LogP contribution >= 0.6 is 0 Å². The van der Waals surface area contributed by atoms with Gasteiger partial charge in [0.25, 0.3) is 0 Å². The molecule has 0 aliphatic heterocycles. The molecular weight excluding hydrogens is 251 g/mol. The van der Waals surface area contributed by atoms with E-state index in [4.69, 9.17) is 0 Å². The predicted molar refractivity (Wildman–Crippen MR) is 72.1 cm³/mol. The van der Waals surface area contributed by atoms with Gasteiger partial charge < -0.3 is 0 Å². The van der Waals surface area contributed by atoms with Gasteiger partial charge in [0.05, 0.1) is 0 Å². The van der Waals surface area contributed by atoms with Gasteiger partial charge in [0.15, 0.2) is 0 Å². The molecule has 0 nitrogen and oxygen atoms in total. The first-order chi connectivity index (χ1) is 7.86. The minimum absolute atomic E-state index is 0.